The van der Waals surface area contributed by atoms with Crippen LogP contribution in [0.3, 0.4) is 0 Å². The first-order valence-electron chi connectivity index (χ1n) is 6.09. The molecule has 0 atom stereocenters. The SMILES string of the molecule is CCC(=O)c1sc(NCc2noc(C)n2)c(OC)c1N. The molecule has 0 aromatic carbocycles. The van der Waals surface area contributed by atoms with E-state index in [0.717, 1.165) is 0 Å². The van der Waals surface area contributed by atoms with E-state index in [0.29, 0.717) is 46.0 Å². The topological polar surface area (TPSA) is 103 Å². The number of Topliss-reactive ketones (excluding diaryl/α,β-unsaturated/α-hetero) is 1. The molecule has 0 spiro atoms. The smallest absolute Gasteiger partial charge is 0.223 e. The lowest BCUT2D eigenvalue weighted by molar-refractivity contribution is 0.0992. The number of nitrogen functional groups attached to an aromatic ring is 1. The van der Waals surface area contributed by atoms with E-state index in [-0.39, 0.29) is 5.78 Å². The van der Waals surface area contributed by atoms with Crippen LogP contribution in [0.5, 0.6) is 5.75 Å². The highest BCUT2D eigenvalue weighted by atomic mass is 32.1. The van der Waals surface area contributed by atoms with E-state index in [1.54, 1.807) is 13.8 Å². The van der Waals surface area contributed by atoms with Gasteiger partial charge >= 0.3 is 0 Å². The highest BCUT2D eigenvalue weighted by Gasteiger charge is 2.20. The van der Waals surface area contributed by atoms with Crippen molar-refractivity contribution in [2.75, 3.05) is 18.2 Å². The van der Waals surface area contributed by atoms with Crippen molar-refractivity contribution in [2.45, 2.75) is 26.8 Å². The zero-order chi connectivity index (χ0) is 14.7. The predicted octanol–water partition coefficient (Wildman–Crippen LogP) is 2.24. The first-order valence-corrected chi connectivity index (χ1v) is 6.91. The molecule has 3 N–H and O–H groups in total. The number of methoxy groups -OCH3 is 1. The third-order valence-corrected chi connectivity index (χ3v) is 3.84. The minimum atomic E-state index is -0.00532. The van der Waals surface area contributed by atoms with Gasteiger partial charge < -0.3 is 20.3 Å². The minimum absolute atomic E-state index is 0.00532. The van der Waals surface area contributed by atoms with Crippen molar-refractivity contribution < 1.29 is 14.1 Å². The second kappa shape index (κ2) is 5.91. The van der Waals surface area contributed by atoms with Crippen LogP contribution >= 0.6 is 11.3 Å². The van der Waals surface area contributed by atoms with Gasteiger partial charge in [-0.25, -0.2) is 0 Å². The third-order valence-electron chi connectivity index (χ3n) is 2.65. The number of hydrogen-bond donors (Lipinski definition) is 2. The van der Waals surface area contributed by atoms with Crippen LogP contribution in [0, 0.1) is 6.92 Å². The first kappa shape index (κ1) is 14.3. The first-order chi connectivity index (χ1) is 9.56. The second-order valence-corrected chi connectivity index (χ2v) is 5.09. The summed E-state index contributed by atoms with van der Waals surface area (Å²) in [6.45, 7) is 3.88. The fourth-order valence-electron chi connectivity index (χ4n) is 1.69. The molecule has 0 bridgehead atoms. The number of nitrogens with zero attached hydrogens (tertiary/aromatic N) is 2. The maximum atomic E-state index is 11.8. The van der Waals surface area contributed by atoms with Crippen LogP contribution in [-0.4, -0.2) is 23.0 Å². The number of ketones is 1. The number of nitrogens with one attached hydrogen (secondary N) is 1. The molecule has 0 saturated carbocycles. The Kier molecular flexibility index (Phi) is 4.23. The number of anilines is 2. The molecule has 0 aliphatic carbocycles. The normalized spacial score (nSPS) is 10.6. The molecule has 0 radical (unpaired) electrons. The summed E-state index contributed by atoms with van der Waals surface area (Å²) in [6.07, 6.45) is 0.400. The van der Waals surface area contributed by atoms with Crippen LogP contribution in [0.25, 0.3) is 0 Å². The molecule has 0 fully saturated rings. The fraction of sp³-hybridized carbons (Fsp3) is 0.417. The van der Waals surface area contributed by atoms with E-state index in [9.17, 15) is 4.79 Å². The van der Waals surface area contributed by atoms with Crippen LogP contribution in [0.15, 0.2) is 4.52 Å². The molecule has 20 heavy (non-hydrogen) atoms. The van der Waals surface area contributed by atoms with Crippen molar-refractivity contribution in [3.8, 4) is 5.75 Å². The molecule has 0 amide bonds. The van der Waals surface area contributed by atoms with E-state index in [2.05, 4.69) is 15.5 Å². The van der Waals surface area contributed by atoms with E-state index in [1.165, 1.54) is 18.4 Å². The Morgan fingerprint density at radius 1 is 1.55 bits per heavy atom. The lowest BCUT2D eigenvalue weighted by atomic mass is 10.2. The van der Waals surface area contributed by atoms with E-state index in [4.69, 9.17) is 15.0 Å². The zero-order valence-electron chi connectivity index (χ0n) is 11.5. The van der Waals surface area contributed by atoms with Gasteiger partial charge in [0.05, 0.1) is 24.2 Å². The molecule has 0 saturated heterocycles. The summed E-state index contributed by atoms with van der Waals surface area (Å²) >= 11 is 1.27. The Labute approximate surface area is 120 Å². The quantitative estimate of drug-likeness (QED) is 0.788. The Morgan fingerprint density at radius 2 is 2.30 bits per heavy atom. The molecule has 0 unspecified atom stereocenters. The third kappa shape index (κ3) is 2.74. The van der Waals surface area contributed by atoms with Gasteiger partial charge in [0.25, 0.3) is 0 Å². The summed E-state index contributed by atoms with van der Waals surface area (Å²) in [6, 6.07) is 0. The van der Waals surface area contributed by atoms with Crippen LogP contribution in [0.2, 0.25) is 0 Å². The van der Waals surface area contributed by atoms with Crippen LogP contribution < -0.4 is 15.8 Å². The highest BCUT2D eigenvalue weighted by molar-refractivity contribution is 7.19. The molecule has 2 aromatic rings. The van der Waals surface area contributed by atoms with Gasteiger partial charge in [-0.05, 0) is 0 Å². The van der Waals surface area contributed by atoms with Crippen LogP contribution in [0.4, 0.5) is 10.7 Å². The molecule has 0 aliphatic heterocycles. The average Bonchev–Trinajstić information content (AvgIpc) is 2.99. The van der Waals surface area contributed by atoms with Gasteiger partial charge in [0.15, 0.2) is 17.4 Å². The number of ether oxygens (including phenoxy) is 1. The number of aromatic nitrogens is 2. The van der Waals surface area contributed by atoms with Crippen LogP contribution in [0.1, 0.15) is 34.7 Å². The van der Waals surface area contributed by atoms with Crippen molar-refractivity contribution >= 4 is 27.8 Å². The summed E-state index contributed by atoms with van der Waals surface area (Å²) in [5, 5.41) is 7.58. The Balaban J connectivity index is 2.20. The molecule has 2 aromatic heterocycles. The van der Waals surface area contributed by atoms with Gasteiger partial charge in [-0.1, -0.05) is 12.1 Å². The van der Waals surface area contributed by atoms with Crippen molar-refractivity contribution in [2.24, 2.45) is 0 Å². The number of nitrogens with two attached hydrogens (primary N) is 1. The largest absolute Gasteiger partial charge is 0.492 e. The lowest BCUT2D eigenvalue weighted by Gasteiger charge is -2.04. The fourth-order valence-corrected chi connectivity index (χ4v) is 2.78. The summed E-state index contributed by atoms with van der Waals surface area (Å²) in [4.78, 5) is 16.4. The minimum Gasteiger partial charge on any atom is -0.492 e. The molecule has 8 heteroatoms. The van der Waals surface area contributed by atoms with Gasteiger partial charge in [-0.2, -0.15) is 4.98 Å². The molecular formula is C12H16N4O3S. The van der Waals surface area contributed by atoms with Gasteiger partial charge in [0.2, 0.25) is 5.89 Å². The lowest BCUT2D eigenvalue weighted by Crippen LogP contribution is -2.01. The Morgan fingerprint density at radius 3 is 2.85 bits per heavy atom. The number of aryl methyl sites for hydroxylation is 1. The maximum Gasteiger partial charge on any atom is 0.223 e. The molecular weight excluding hydrogens is 280 g/mol. The average molecular weight is 296 g/mol. The summed E-state index contributed by atoms with van der Waals surface area (Å²) in [7, 11) is 1.52. The highest BCUT2D eigenvalue weighted by Crippen LogP contribution is 2.43. The zero-order valence-corrected chi connectivity index (χ0v) is 12.3. The van der Waals surface area contributed by atoms with E-state index in [1.807, 2.05) is 0 Å². The monoisotopic (exact) mass is 296 g/mol. The van der Waals surface area contributed by atoms with E-state index >= 15 is 0 Å². The van der Waals surface area contributed by atoms with Gasteiger partial charge in [0.1, 0.15) is 5.00 Å². The Bertz CT molecular complexity index is 620. The number of thiophene rings is 1. The number of carbonyl (C=O) groups is 1. The summed E-state index contributed by atoms with van der Waals surface area (Å²) < 4.78 is 10.1. The van der Waals surface area contributed by atoms with Crippen molar-refractivity contribution in [3.05, 3.63) is 16.6 Å². The van der Waals surface area contributed by atoms with Gasteiger partial charge in [-0.3, -0.25) is 4.79 Å². The van der Waals surface area contributed by atoms with Gasteiger partial charge in [0, 0.05) is 13.3 Å². The van der Waals surface area contributed by atoms with Crippen molar-refractivity contribution in [1.82, 2.24) is 10.1 Å². The molecule has 2 rings (SSSR count). The number of hydrogen-bond acceptors (Lipinski definition) is 8. The summed E-state index contributed by atoms with van der Waals surface area (Å²) in [5.41, 5.74) is 6.31. The Hall–Kier alpha value is -2.09. The number of carbonyl (C=O) groups excluding carboxylic acids is 1. The van der Waals surface area contributed by atoms with E-state index < -0.39 is 0 Å². The van der Waals surface area contributed by atoms with Crippen molar-refractivity contribution in [3.63, 3.8) is 0 Å². The molecule has 7 nitrogen and oxygen atoms in total. The predicted molar refractivity (Wildman–Crippen MR) is 76.3 cm³/mol. The standard InChI is InChI=1S/C12H16N4O3S/c1-4-7(17)11-9(13)10(18-3)12(20-11)14-5-8-15-6(2)19-16-8/h14H,4-5,13H2,1-3H3. The number of rotatable bonds is 6. The summed E-state index contributed by atoms with van der Waals surface area (Å²) in [5.74, 6) is 1.50. The van der Waals surface area contributed by atoms with Crippen molar-refractivity contribution in [1.29, 1.82) is 0 Å². The van der Waals surface area contributed by atoms with Crippen LogP contribution in [-0.2, 0) is 6.54 Å². The molecule has 2 heterocycles. The second-order valence-electron chi connectivity index (χ2n) is 4.07. The molecule has 108 valence electrons. The maximum absolute atomic E-state index is 11.8. The molecule has 0 aliphatic rings. The van der Waals surface area contributed by atoms with Gasteiger partial charge in [-0.15, -0.1) is 11.3 Å².